The second kappa shape index (κ2) is 6.38. The first-order valence-corrected chi connectivity index (χ1v) is 5.64. The third-order valence-electron chi connectivity index (χ3n) is 3.03. The molecule has 1 rings (SSSR count). The quantitative estimate of drug-likeness (QED) is 0.715. The zero-order chi connectivity index (χ0) is 10.4. The van der Waals surface area contributed by atoms with Crippen molar-refractivity contribution >= 4 is 0 Å². The molecule has 0 spiro atoms. The summed E-state index contributed by atoms with van der Waals surface area (Å²) in [6.45, 7) is 6.78. The van der Waals surface area contributed by atoms with Crippen molar-refractivity contribution in [2.24, 2.45) is 5.92 Å². The van der Waals surface area contributed by atoms with Crippen LogP contribution in [-0.4, -0.2) is 51.3 Å². The van der Waals surface area contributed by atoms with Crippen molar-refractivity contribution in [2.45, 2.75) is 25.8 Å². The third-order valence-corrected chi connectivity index (χ3v) is 3.03. The number of likely N-dealkylation sites (tertiary alicyclic amines) is 1. The van der Waals surface area contributed by atoms with Crippen LogP contribution in [0.2, 0.25) is 0 Å². The highest BCUT2D eigenvalue weighted by atomic mass is 16.5. The largest absolute Gasteiger partial charge is 0.384 e. The molecule has 0 saturated carbocycles. The molecular weight excluding hydrogens is 176 g/mol. The Labute approximate surface area is 87.8 Å². The molecule has 1 heterocycles. The van der Waals surface area contributed by atoms with Crippen LogP contribution in [-0.2, 0) is 4.74 Å². The highest BCUT2D eigenvalue weighted by Gasteiger charge is 2.20. The molecule has 84 valence electrons. The predicted octanol–water partition coefficient (Wildman–Crippen LogP) is 0.953. The van der Waals surface area contributed by atoms with E-state index in [-0.39, 0.29) is 0 Å². The van der Waals surface area contributed by atoms with Gasteiger partial charge >= 0.3 is 0 Å². The molecule has 14 heavy (non-hydrogen) atoms. The van der Waals surface area contributed by atoms with Gasteiger partial charge < -0.3 is 15.0 Å². The summed E-state index contributed by atoms with van der Waals surface area (Å²) in [5.74, 6) is 0.748. The first-order valence-electron chi connectivity index (χ1n) is 5.64. The Morgan fingerprint density at radius 3 is 3.00 bits per heavy atom. The van der Waals surface area contributed by atoms with Gasteiger partial charge in [0.25, 0.3) is 0 Å². The summed E-state index contributed by atoms with van der Waals surface area (Å²) in [7, 11) is 3.83. The van der Waals surface area contributed by atoms with Gasteiger partial charge in [-0.3, -0.25) is 0 Å². The van der Waals surface area contributed by atoms with E-state index in [1.807, 2.05) is 7.05 Å². The molecule has 1 aliphatic rings. The van der Waals surface area contributed by atoms with Crippen molar-refractivity contribution in [1.82, 2.24) is 10.2 Å². The maximum Gasteiger partial charge on any atom is 0.0502 e. The molecule has 3 nitrogen and oxygen atoms in total. The van der Waals surface area contributed by atoms with Crippen LogP contribution in [0, 0.1) is 5.92 Å². The number of nitrogens with zero attached hydrogens (tertiary/aromatic N) is 1. The number of piperidine rings is 1. The number of hydrogen-bond acceptors (Lipinski definition) is 3. The molecule has 1 fully saturated rings. The molecule has 0 bridgehead atoms. The van der Waals surface area contributed by atoms with Gasteiger partial charge in [-0.1, -0.05) is 0 Å². The molecule has 0 aromatic carbocycles. The van der Waals surface area contributed by atoms with Gasteiger partial charge in [-0.25, -0.2) is 0 Å². The Kier molecular flexibility index (Phi) is 5.45. The van der Waals surface area contributed by atoms with Crippen LogP contribution in [0.3, 0.4) is 0 Å². The number of hydrogen-bond donors (Lipinski definition) is 1. The van der Waals surface area contributed by atoms with Gasteiger partial charge in [0.05, 0.1) is 6.61 Å². The van der Waals surface area contributed by atoms with E-state index in [1.165, 1.54) is 25.9 Å². The summed E-state index contributed by atoms with van der Waals surface area (Å²) in [5.41, 5.74) is 0. The van der Waals surface area contributed by atoms with Crippen LogP contribution in [0.25, 0.3) is 0 Å². The molecule has 2 atom stereocenters. The minimum atomic E-state index is 0.594. The highest BCUT2D eigenvalue weighted by molar-refractivity contribution is 4.75. The van der Waals surface area contributed by atoms with Gasteiger partial charge in [0.1, 0.15) is 0 Å². The van der Waals surface area contributed by atoms with Gasteiger partial charge in [-0.05, 0) is 39.3 Å². The Bertz CT molecular complexity index is 150. The lowest BCUT2D eigenvalue weighted by atomic mass is 9.98. The van der Waals surface area contributed by atoms with E-state index in [1.54, 1.807) is 7.11 Å². The maximum absolute atomic E-state index is 5.22. The Morgan fingerprint density at radius 1 is 1.57 bits per heavy atom. The average molecular weight is 200 g/mol. The zero-order valence-electron chi connectivity index (χ0n) is 9.75. The minimum Gasteiger partial charge on any atom is -0.384 e. The second-order valence-electron chi connectivity index (χ2n) is 4.41. The predicted molar refractivity (Wildman–Crippen MR) is 59.6 cm³/mol. The van der Waals surface area contributed by atoms with E-state index >= 15 is 0 Å². The summed E-state index contributed by atoms with van der Waals surface area (Å²) in [4.78, 5) is 2.55. The molecule has 0 aromatic heterocycles. The van der Waals surface area contributed by atoms with Crippen molar-refractivity contribution in [1.29, 1.82) is 0 Å². The van der Waals surface area contributed by atoms with Crippen LogP contribution < -0.4 is 5.32 Å². The summed E-state index contributed by atoms with van der Waals surface area (Å²) in [6.07, 6.45) is 2.66. The molecule has 1 saturated heterocycles. The first-order chi connectivity index (χ1) is 6.76. The number of rotatable bonds is 5. The summed E-state index contributed by atoms with van der Waals surface area (Å²) in [6, 6.07) is 0.594. The number of methoxy groups -OCH3 is 1. The average Bonchev–Trinajstić information content (AvgIpc) is 2.19. The summed E-state index contributed by atoms with van der Waals surface area (Å²) < 4.78 is 5.22. The monoisotopic (exact) mass is 200 g/mol. The Hall–Kier alpha value is -0.120. The molecule has 0 amide bonds. The van der Waals surface area contributed by atoms with E-state index in [2.05, 4.69) is 17.1 Å². The summed E-state index contributed by atoms with van der Waals surface area (Å²) >= 11 is 0. The fourth-order valence-electron chi connectivity index (χ4n) is 2.17. The summed E-state index contributed by atoms with van der Waals surface area (Å²) in [5, 5.41) is 3.29. The van der Waals surface area contributed by atoms with Crippen LogP contribution in [0.5, 0.6) is 0 Å². The van der Waals surface area contributed by atoms with Gasteiger partial charge in [-0.15, -0.1) is 0 Å². The van der Waals surface area contributed by atoms with E-state index in [9.17, 15) is 0 Å². The standard InChI is InChI=1S/C11H24N2O/c1-10(12-2)7-13-6-4-5-11(8-13)9-14-3/h10-12H,4-9H2,1-3H3. The topological polar surface area (TPSA) is 24.5 Å². The van der Waals surface area contributed by atoms with Crippen LogP contribution in [0.4, 0.5) is 0 Å². The van der Waals surface area contributed by atoms with Crippen LogP contribution >= 0.6 is 0 Å². The van der Waals surface area contributed by atoms with E-state index in [4.69, 9.17) is 4.74 Å². The van der Waals surface area contributed by atoms with Gasteiger partial charge in [0.2, 0.25) is 0 Å². The lowest BCUT2D eigenvalue weighted by Crippen LogP contribution is -2.43. The molecule has 2 unspecified atom stereocenters. The van der Waals surface area contributed by atoms with Crippen LogP contribution in [0.1, 0.15) is 19.8 Å². The third kappa shape index (κ3) is 3.95. The fourth-order valence-corrected chi connectivity index (χ4v) is 2.17. The normalized spacial score (nSPS) is 26.4. The highest BCUT2D eigenvalue weighted by Crippen LogP contribution is 2.16. The number of likely N-dealkylation sites (N-methyl/N-ethyl adjacent to an activating group) is 1. The lowest BCUT2D eigenvalue weighted by Gasteiger charge is -2.33. The van der Waals surface area contributed by atoms with Gasteiger partial charge in [-0.2, -0.15) is 0 Å². The van der Waals surface area contributed by atoms with Crippen LogP contribution in [0.15, 0.2) is 0 Å². The molecule has 0 radical (unpaired) electrons. The molecular formula is C11H24N2O. The van der Waals surface area contributed by atoms with E-state index < -0.39 is 0 Å². The van der Waals surface area contributed by atoms with Crippen molar-refractivity contribution in [2.75, 3.05) is 40.4 Å². The van der Waals surface area contributed by atoms with Crippen molar-refractivity contribution in [3.8, 4) is 0 Å². The number of ether oxygens (including phenoxy) is 1. The fraction of sp³-hybridized carbons (Fsp3) is 1.00. The molecule has 3 heteroatoms. The van der Waals surface area contributed by atoms with Crippen molar-refractivity contribution in [3.05, 3.63) is 0 Å². The zero-order valence-corrected chi connectivity index (χ0v) is 9.75. The SMILES string of the molecule is CNC(C)CN1CCCC(COC)C1. The number of nitrogens with one attached hydrogen (secondary N) is 1. The molecule has 0 aliphatic carbocycles. The van der Waals surface area contributed by atoms with E-state index in [0.717, 1.165) is 19.1 Å². The Morgan fingerprint density at radius 2 is 2.36 bits per heavy atom. The Balaban J connectivity index is 2.25. The van der Waals surface area contributed by atoms with Gasteiger partial charge in [0, 0.05) is 26.2 Å². The smallest absolute Gasteiger partial charge is 0.0502 e. The molecule has 1 N–H and O–H groups in total. The van der Waals surface area contributed by atoms with E-state index in [0.29, 0.717) is 6.04 Å². The minimum absolute atomic E-state index is 0.594. The maximum atomic E-state index is 5.22. The molecule has 0 aromatic rings. The second-order valence-corrected chi connectivity index (χ2v) is 4.41. The first kappa shape index (κ1) is 12.0. The van der Waals surface area contributed by atoms with Crippen molar-refractivity contribution < 1.29 is 4.74 Å². The molecule has 1 aliphatic heterocycles. The van der Waals surface area contributed by atoms with Crippen molar-refractivity contribution in [3.63, 3.8) is 0 Å². The van der Waals surface area contributed by atoms with Gasteiger partial charge in [0.15, 0.2) is 0 Å². The lowest BCUT2D eigenvalue weighted by molar-refractivity contribution is 0.0871.